The second-order valence-electron chi connectivity index (χ2n) is 6.92. The van der Waals surface area contributed by atoms with Gasteiger partial charge in [0.25, 0.3) is 5.56 Å². The Balaban J connectivity index is 1.42. The minimum absolute atomic E-state index is 0.0493. The van der Waals surface area contributed by atoms with Crippen molar-refractivity contribution < 1.29 is 4.79 Å². The van der Waals surface area contributed by atoms with Crippen LogP contribution in [0.3, 0.4) is 0 Å². The number of nitrogens with zero attached hydrogens (tertiary/aromatic N) is 2. The maximum atomic E-state index is 13.0. The number of thiophene rings is 1. The SMILES string of the molecule is Cc1nn(CCCC(=O)NCc2ccc(Cl)cc2)c(=O)c2c1sc1ccccc12. The normalized spacial score (nSPS) is 11.2. The largest absolute Gasteiger partial charge is 0.352 e. The van der Waals surface area contributed by atoms with Crippen LogP contribution < -0.4 is 10.9 Å². The predicted molar refractivity (Wildman–Crippen MR) is 119 cm³/mol. The van der Waals surface area contributed by atoms with E-state index in [0.717, 1.165) is 31.4 Å². The zero-order valence-corrected chi connectivity index (χ0v) is 17.5. The van der Waals surface area contributed by atoms with Crippen molar-refractivity contribution >= 4 is 49.0 Å². The summed E-state index contributed by atoms with van der Waals surface area (Å²) in [5, 5.41) is 9.72. The summed E-state index contributed by atoms with van der Waals surface area (Å²) in [6.07, 6.45) is 0.884. The number of aromatic nitrogens is 2. The van der Waals surface area contributed by atoms with Gasteiger partial charge in [0.2, 0.25) is 5.91 Å². The van der Waals surface area contributed by atoms with Crippen molar-refractivity contribution in [2.45, 2.75) is 32.9 Å². The lowest BCUT2D eigenvalue weighted by Crippen LogP contribution is -2.26. The second kappa shape index (κ2) is 8.35. The molecule has 0 spiro atoms. The van der Waals surface area contributed by atoms with Crippen LogP contribution in [0.1, 0.15) is 24.1 Å². The summed E-state index contributed by atoms with van der Waals surface area (Å²) in [6, 6.07) is 15.3. The highest BCUT2D eigenvalue weighted by Crippen LogP contribution is 2.32. The number of fused-ring (bicyclic) bond motifs is 3. The summed E-state index contributed by atoms with van der Waals surface area (Å²) < 4.78 is 3.51. The molecule has 7 heteroatoms. The van der Waals surface area contributed by atoms with Gasteiger partial charge in [-0.25, -0.2) is 4.68 Å². The molecule has 0 bridgehead atoms. The van der Waals surface area contributed by atoms with Gasteiger partial charge in [-0.1, -0.05) is 41.9 Å². The van der Waals surface area contributed by atoms with E-state index >= 15 is 0 Å². The first kappa shape index (κ1) is 19.6. The van der Waals surface area contributed by atoms with E-state index in [2.05, 4.69) is 10.4 Å². The van der Waals surface area contributed by atoms with E-state index in [1.165, 1.54) is 4.68 Å². The standard InChI is InChI=1S/C22H20ClN3O2S/c1-14-21-20(17-5-2-3-6-18(17)29-21)22(28)26(25-14)12-4-7-19(27)24-13-15-8-10-16(23)11-9-15/h2-3,5-6,8-11H,4,7,12-13H2,1H3,(H,24,27). The summed E-state index contributed by atoms with van der Waals surface area (Å²) in [7, 11) is 0. The molecule has 0 aliphatic carbocycles. The van der Waals surface area contributed by atoms with Gasteiger partial charge in [-0.15, -0.1) is 11.3 Å². The van der Waals surface area contributed by atoms with Crippen LogP contribution in [0.15, 0.2) is 53.3 Å². The van der Waals surface area contributed by atoms with Gasteiger partial charge in [0.05, 0.1) is 15.8 Å². The highest BCUT2D eigenvalue weighted by atomic mass is 35.5. The first-order valence-electron chi connectivity index (χ1n) is 9.43. The maximum Gasteiger partial charge on any atom is 0.276 e. The zero-order chi connectivity index (χ0) is 20.4. The number of hydrogen-bond acceptors (Lipinski definition) is 4. The van der Waals surface area contributed by atoms with Gasteiger partial charge in [-0.3, -0.25) is 9.59 Å². The van der Waals surface area contributed by atoms with Crippen molar-refractivity contribution in [2.24, 2.45) is 0 Å². The van der Waals surface area contributed by atoms with E-state index in [-0.39, 0.29) is 11.5 Å². The topological polar surface area (TPSA) is 64.0 Å². The average molecular weight is 426 g/mol. The molecule has 2 aromatic heterocycles. The lowest BCUT2D eigenvalue weighted by molar-refractivity contribution is -0.121. The van der Waals surface area contributed by atoms with Gasteiger partial charge in [0, 0.05) is 34.6 Å². The molecule has 4 aromatic rings. The molecule has 0 aliphatic heterocycles. The minimum atomic E-state index is -0.0929. The third kappa shape index (κ3) is 4.18. The summed E-state index contributed by atoms with van der Waals surface area (Å²) >= 11 is 7.46. The Kier molecular flexibility index (Phi) is 5.65. The summed E-state index contributed by atoms with van der Waals surface area (Å²) in [4.78, 5) is 25.1. The van der Waals surface area contributed by atoms with E-state index in [1.54, 1.807) is 23.5 Å². The summed E-state index contributed by atoms with van der Waals surface area (Å²) in [6.45, 7) is 2.79. The average Bonchev–Trinajstić information content (AvgIpc) is 3.12. The Morgan fingerprint density at radius 1 is 1.17 bits per heavy atom. The third-order valence-electron chi connectivity index (χ3n) is 4.82. The minimum Gasteiger partial charge on any atom is -0.352 e. The van der Waals surface area contributed by atoms with Crippen LogP contribution in [0.4, 0.5) is 0 Å². The van der Waals surface area contributed by atoms with Crippen LogP contribution in [-0.4, -0.2) is 15.7 Å². The molecule has 0 unspecified atom stereocenters. The van der Waals surface area contributed by atoms with Gasteiger partial charge in [-0.05, 0) is 37.1 Å². The summed E-state index contributed by atoms with van der Waals surface area (Å²) in [5.74, 6) is -0.0493. The quantitative estimate of drug-likeness (QED) is 0.488. The molecular weight excluding hydrogens is 406 g/mol. The van der Waals surface area contributed by atoms with Crippen LogP contribution in [0.5, 0.6) is 0 Å². The second-order valence-corrected chi connectivity index (χ2v) is 8.41. The van der Waals surface area contributed by atoms with Crippen molar-refractivity contribution in [2.75, 3.05) is 0 Å². The zero-order valence-electron chi connectivity index (χ0n) is 15.9. The van der Waals surface area contributed by atoms with Crippen LogP contribution >= 0.6 is 22.9 Å². The van der Waals surface area contributed by atoms with E-state index in [4.69, 9.17) is 11.6 Å². The Morgan fingerprint density at radius 3 is 2.72 bits per heavy atom. The molecule has 0 radical (unpaired) electrons. The molecule has 0 saturated carbocycles. The molecule has 0 fully saturated rings. The molecule has 0 saturated heterocycles. The number of rotatable bonds is 6. The molecule has 5 nitrogen and oxygen atoms in total. The van der Waals surface area contributed by atoms with Crippen molar-refractivity contribution in [3.63, 3.8) is 0 Å². The van der Waals surface area contributed by atoms with Gasteiger partial charge in [-0.2, -0.15) is 5.10 Å². The van der Waals surface area contributed by atoms with E-state index in [9.17, 15) is 9.59 Å². The number of halogens is 1. The van der Waals surface area contributed by atoms with Crippen molar-refractivity contribution in [1.29, 1.82) is 0 Å². The fourth-order valence-corrected chi connectivity index (χ4v) is 4.61. The van der Waals surface area contributed by atoms with Crippen LogP contribution in [0, 0.1) is 6.92 Å². The highest BCUT2D eigenvalue weighted by Gasteiger charge is 2.14. The predicted octanol–water partition coefficient (Wildman–Crippen LogP) is 4.67. The maximum absolute atomic E-state index is 13.0. The number of carbonyl (C=O) groups excluding carboxylic acids is 1. The van der Waals surface area contributed by atoms with Gasteiger partial charge in [0.15, 0.2) is 0 Å². The number of carbonyl (C=O) groups is 1. The Hall–Kier alpha value is -2.70. The number of nitrogens with one attached hydrogen (secondary N) is 1. The molecule has 0 atom stereocenters. The van der Waals surface area contributed by atoms with E-state index in [0.29, 0.717) is 31.0 Å². The molecule has 2 heterocycles. The lowest BCUT2D eigenvalue weighted by atomic mass is 10.2. The monoisotopic (exact) mass is 425 g/mol. The lowest BCUT2D eigenvalue weighted by Gasteiger charge is -2.08. The smallest absolute Gasteiger partial charge is 0.276 e. The number of aryl methyl sites for hydroxylation is 2. The first-order chi connectivity index (χ1) is 14.0. The molecular formula is C22H20ClN3O2S. The van der Waals surface area contributed by atoms with Crippen molar-refractivity contribution in [3.8, 4) is 0 Å². The molecule has 29 heavy (non-hydrogen) atoms. The Labute approximate surface area is 176 Å². The molecule has 1 amide bonds. The van der Waals surface area contributed by atoms with Gasteiger partial charge >= 0.3 is 0 Å². The fourth-order valence-electron chi connectivity index (χ4n) is 3.35. The third-order valence-corrected chi connectivity index (χ3v) is 6.35. The van der Waals surface area contributed by atoms with Gasteiger partial charge < -0.3 is 5.32 Å². The summed E-state index contributed by atoms with van der Waals surface area (Å²) in [5.41, 5.74) is 1.74. The highest BCUT2D eigenvalue weighted by molar-refractivity contribution is 7.26. The van der Waals surface area contributed by atoms with Crippen LogP contribution in [0.25, 0.3) is 20.2 Å². The molecule has 1 N–H and O–H groups in total. The van der Waals surface area contributed by atoms with E-state index < -0.39 is 0 Å². The number of benzene rings is 2. The molecule has 2 aromatic carbocycles. The number of amides is 1. The fraction of sp³-hybridized carbons (Fsp3) is 0.227. The molecule has 148 valence electrons. The Morgan fingerprint density at radius 2 is 1.93 bits per heavy atom. The first-order valence-corrected chi connectivity index (χ1v) is 10.6. The van der Waals surface area contributed by atoms with Crippen molar-refractivity contribution in [3.05, 3.63) is 75.2 Å². The molecule has 0 aliphatic rings. The van der Waals surface area contributed by atoms with E-state index in [1.807, 2.05) is 43.3 Å². The van der Waals surface area contributed by atoms with Crippen molar-refractivity contribution in [1.82, 2.24) is 15.1 Å². The number of hydrogen-bond donors (Lipinski definition) is 1. The Bertz CT molecular complexity index is 1240. The van der Waals surface area contributed by atoms with Crippen LogP contribution in [0.2, 0.25) is 5.02 Å². The molecule has 4 rings (SSSR count). The van der Waals surface area contributed by atoms with Crippen LogP contribution in [-0.2, 0) is 17.9 Å². The van der Waals surface area contributed by atoms with Gasteiger partial charge in [0.1, 0.15) is 0 Å².